The quantitative estimate of drug-likeness (QED) is 0.781. The Morgan fingerprint density at radius 3 is 2.59 bits per heavy atom. The van der Waals surface area contributed by atoms with Gasteiger partial charge in [0.25, 0.3) is 5.91 Å². The van der Waals surface area contributed by atoms with Gasteiger partial charge in [0.15, 0.2) is 0 Å². The van der Waals surface area contributed by atoms with Crippen LogP contribution in [-0.4, -0.2) is 66.6 Å². The molecule has 0 aromatic heterocycles. The summed E-state index contributed by atoms with van der Waals surface area (Å²) in [5, 5.41) is 12.6. The van der Waals surface area contributed by atoms with Crippen LogP contribution in [0.15, 0.2) is 18.2 Å². The van der Waals surface area contributed by atoms with E-state index in [2.05, 4.69) is 22.0 Å². The van der Waals surface area contributed by atoms with Crippen molar-refractivity contribution >= 4 is 5.91 Å². The number of rotatable bonds is 6. The van der Waals surface area contributed by atoms with Gasteiger partial charge in [-0.1, -0.05) is 18.6 Å². The zero-order valence-corrected chi connectivity index (χ0v) is 13.6. The molecule has 2 rings (SSSR count). The van der Waals surface area contributed by atoms with Crippen LogP contribution in [0.25, 0.3) is 0 Å². The number of phenols is 1. The highest BCUT2D eigenvalue weighted by molar-refractivity contribution is 5.96. The number of amides is 1. The lowest BCUT2D eigenvalue weighted by atomic mass is 10.1. The average molecular weight is 305 g/mol. The monoisotopic (exact) mass is 305 g/mol. The maximum atomic E-state index is 12.1. The minimum atomic E-state index is -0.197. The number of carbonyl (C=O) groups excluding carboxylic acids is 1. The summed E-state index contributed by atoms with van der Waals surface area (Å²) in [6.45, 7) is 11.4. The highest BCUT2D eigenvalue weighted by atomic mass is 16.3. The Kier molecular flexibility index (Phi) is 6.21. The summed E-state index contributed by atoms with van der Waals surface area (Å²) >= 11 is 0. The number of piperazine rings is 1. The normalized spacial score (nSPS) is 16.6. The van der Waals surface area contributed by atoms with Crippen molar-refractivity contribution in [1.29, 1.82) is 0 Å². The maximum Gasteiger partial charge on any atom is 0.255 e. The lowest BCUT2D eigenvalue weighted by molar-refractivity contribution is 0.0945. The van der Waals surface area contributed by atoms with Crippen LogP contribution >= 0.6 is 0 Å². The molecule has 1 amide bonds. The minimum Gasteiger partial charge on any atom is -0.507 e. The third kappa shape index (κ3) is 4.71. The third-order valence-electron chi connectivity index (χ3n) is 4.25. The van der Waals surface area contributed by atoms with Gasteiger partial charge in [-0.2, -0.15) is 0 Å². The molecule has 1 fully saturated rings. The lowest BCUT2D eigenvalue weighted by Gasteiger charge is -2.33. The second kappa shape index (κ2) is 8.15. The van der Waals surface area contributed by atoms with Crippen LogP contribution in [-0.2, 0) is 0 Å². The summed E-state index contributed by atoms with van der Waals surface area (Å²) in [6, 6.07) is 5.08. The molecule has 1 aromatic rings. The van der Waals surface area contributed by atoms with Gasteiger partial charge in [0.05, 0.1) is 5.56 Å². The first-order valence-electron chi connectivity index (χ1n) is 8.12. The van der Waals surface area contributed by atoms with Crippen molar-refractivity contribution in [2.75, 3.05) is 45.8 Å². The molecule has 1 aliphatic heterocycles. The Hall–Kier alpha value is -1.59. The number of likely N-dealkylation sites (N-methyl/N-ethyl adjacent to an activating group) is 1. The molecule has 5 nitrogen and oxygen atoms in total. The lowest BCUT2D eigenvalue weighted by Crippen LogP contribution is -2.46. The van der Waals surface area contributed by atoms with Crippen LogP contribution in [0.4, 0.5) is 0 Å². The Morgan fingerprint density at radius 2 is 1.91 bits per heavy atom. The van der Waals surface area contributed by atoms with Crippen LogP contribution in [0, 0.1) is 6.92 Å². The number of nitrogens with one attached hydrogen (secondary N) is 1. The molecule has 122 valence electrons. The number of aryl methyl sites for hydroxylation is 1. The molecule has 1 heterocycles. The van der Waals surface area contributed by atoms with Gasteiger partial charge in [0, 0.05) is 32.7 Å². The van der Waals surface area contributed by atoms with E-state index in [4.69, 9.17) is 0 Å². The van der Waals surface area contributed by atoms with E-state index in [0.717, 1.165) is 51.3 Å². The van der Waals surface area contributed by atoms with Gasteiger partial charge >= 0.3 is 0 Å². The van der Waals surface area contributed by atoms with Crippen LogP contribution < -0.4 is 5.32 Å². The average Bonchev–Trinajstić information content (AvgIpc) is 2.54. The van der Waals surface area contributed by atoms with E-state index in [-0.39, 0.29) is 11.7 Å². The molecule has 0 unspecified atom stereocenters. The minimum absolute atomic E-state index is 0.0405. The molecule has 0 radical (unpaired) electrons. The van der Waals surface area contributed by atoms with Gasteiger partial charge in [-0.05, 0) is 38.6 Å². The molecule has 0 aliphatic carbocycles. The number of aromatic hydroxyl groups is 1. The van der Waals surface area contributed by atoms with E-state index in [9.17, 15) is 9.90 Å². The molecule has 22 heavy (non-hydrogen) atoms. The standard InChI is InChI=1S/C17H27N3O2/c1-3-19-9-11-20(12-10-19)8-4-7-18-17(22)15-13-14(2)5-6-16(15)21/h5-6,13,21H,3-4,7-12H2,1-2H3,(H,18,22). The fourth-order valence-electron chi connectivity index (χ4n) is 2.76. The van der Waals surface area contributed by atoms with Crippen molar-refractivity contribution < 1.29 is 9.90 Å². The SMILES string of the molecule is CCN1CCN(CCCNC(=O)c2cc(C)ccc2O)CC1. The second-order valence-corrected chi connectivity index (χ2v) is 5.91. The summed E-state index contributed by atoms with van der Waals surface area (Å²) in [5.74, 6) is -0.157. The molecule has 1 aliphatic rings. The van der Waals surface area contributed by atoms with Gasteiger partial charge < -0.3 is 20.2 Å². The Morgan fingerprint density at radius 1 is 1.23 bits per heavy atom. The van der Waals surface area contributed by atoms with E-state index < -0.39 is 0 Å². The van der Waals surface area contributed by atoms with Crippen molar-refractivity contribution in [3.63, 3.8) is 0 Å². The summed E-state index contributed by atoms with van der Waals surface area (Å²) in [7, 11) is 0. The highest BCUT2D eigenvalue weighted by Crippen LogP contribution is 2.17. The zero-order valence-electron chi connectivity index (χ0n) is 13.6. The Balaban J connectivity index is 1.68. The molecule has 0 bridgehead atoms. The predicted molar refractivity (Wildman–Crippen MR) is 88.3 cm³/mol. The van der Waals surface area contributed by atoms with E-state index in [1.807, 2.05) is 6.92 Å². The highest BCUT2D eigenvalue weighted by Gasteiger charge is 2.15. The number of benzene rings is 1. The first-order chi connectivity index (χ1) is 10.6. The number of carbonyl (C=O) groups is 1. The Labute approximate surface area is 132 Å². The number of hydrogen-bond donors (Lipinski definition) is 2. The summed E-state index contributed by atoms with van der Waals surface area (Å²) < 4.78 is 0. The van der Waals surface area contributed by atoms with E-state index >= 15 is 0 Å². The van der Waals surface area contributed by atoms with Crippen molar-refractivity contribution in [3.05, 3.63) is 29.3 Å². The number of nitrogens with zero attached hydrogens (tertiary/aromatic N) is 2. The van der Waals surface area contributed by atoms with Gasteiger partial charge in [0.1, 0.15) is 5.75 Å². The first kappa shape index (κ1) is 16.8. The number of hydrogen-bond acceptors (Lipinski definition) is 4. The molecular weight excluding hydrogens is 278 g/mol. The van der Waals surface area contributed by atoms with Crippen molar-refractivity contribution in [1.82, 2.24) is 15.1 Å². The van der Waals surface area contributed by atoms with E-state index in [1.165, 1.54) is 0 Å². The van der Waals surface area contributed by atoms with Gasteiger partial charge in [0.2, 0.25) is 0 Å². The smallest absolute Gasteiger partial charge is 0.255 e. The molecular formula is C17H27N3O2. The van der Waals surface area contributed by atoms with Crippen LogP contribution in [0.5, 0.6) is 5.75 Å². The number of phenolic OH excluding ortho intramolecular Hbond substituents is 1. The van der Waals surface area contributed by atoms with Gasteiger partial charge in [-0.3, -0.25) is 4.79 Å². The molecule has 1 saturated heterocycles. The van der Waals surface area contributed by atoms with E-state index in [0.29, 0.717) is 12.1 Å². The first-order valence-corrected chi connectivity index (χ1v) is 8.12. The summed E-state index contributed by atoms with van der Waals surface area (Å²) in [6.07, 6.45) is 0.935. The largest absolute Gasteiger partial charge is 0.507 e. The van der Waals surface area contributed by atoms with Gasteiger partial charge in [-0.25, -0.2) is 0 Å². The molecule has 5 heteroatoms. The molecule has 1 aromatic carbocycles. The second-order valence-electron chi connectivity index (χ2n) is 5.91. The fraction of sp³-hybridized carbons (Fsp3) is 0.588. The van der Waals surface area contributed by atoms with Crippen LogP contribution in [0.1, 0.15) is 29.3 Å². The molecule has 0 saturated carbocycles. The zero-order chi connectivity index (χ0) is 15.9. The van der Waals surface area contributed by atoms with Crippen LogP contribution in [0.2, 0.25) is 0 Å². The van der Waals surface area contributed by atoms with Crippen molar-refractivity contribution in [3.8, 4) is 5.75 Å². The maximum absolute atomic E-state index is 12.1. The van der Waals surface area contributed by atoms with Crippen LogP contribution in [0.3, 0.4) is 0 Å². The van der Waals surface area contributed by atoms with Crippen molar-refractivity contribution in [2.45, 2.75) is 20.3 Å². The fourth-order valence-corrected chi connectivity index (χ4v) is 2.76. The summed E-state index contributed by atoms with van der Waals surface area (Å²) in [5.41, 5.74) is 1.33. The predicted octanol–water partition coefficient (Wildman–Crippen LogP) is 1.46. The molecule has 2 N–H and O–H groups in total. The molecule has 0 spiro atoms. The molecule has 0 atom stereocenters. The van der Waals surface area contributed by atoms with Crippen molar-refractivity contribution in [2.24, 2.45) is 0 Å². The van der Waals surface area contributed by atoms with E-state index in [1.54, 1.807) is 18.2 Å². The topological polar surface area (TPSA) is 55.8 Å². The van der Waals surface area contributed by atoms with Gasteiger partial charge in [-0.15, -0.1) is 0 Å². The third-order valence-corrected chi connectivity index (χ3v) is 4.25. The summed E-state index contributed by atoms with van der Waals surface area (Å²) in [4.78, 5) is 17.0. The Bertz CT molecular complexity index is 497.